The van der Waals surface area contributed by atoms with Gasteiger partial charge in [0.15, 0.2) is 0 Å². The third-order valence-electron chi connectivity index (χ3n) is 3.78. The van der Waals surface area contributed by atoms with Crippen LogP contribution in [0.3, 0.4) is 0 Å². The van der Waals surface area contributed by atoms with E-state index in [1.54, 1.807) is 6.92 Å². The lowest BCUT2D eigenvalue weighted by Gasteiger charge is -2.19. The number of hydrogen-bond acceptors (Lipinski definition) is 3. The van der Waals surface area contributed by atoms with E-state index in [-0.39, 0.29) is 31.5 Å². The fraction of sp³-hybridized carbons (Fsp3) is 0.538. The first kappa shape index (κ1) is 16.3. The van der Waals surface area contributed by atoms with Crippen LogP contribution in [0.4, 0.5) is 13.2 Å². The molecule has 0 radical (unpaired) electrons. The average Bonchev–Trinajstić information content (AvgIpc) is 2.80. The summed E-state index contributed by atoms with van der Waals surface area (Å²) in [5.41, 5.74) is -1.16. The number of alkyl halides is 3. The second kappa shape index (κ2) is 5.58. The van der Waals surface area contributed by atoms with Crippen molar-refractivity contribution < 1.29 is 26.7 Å². The molecule has 1 aromatic carbocycles. The summed E-state index contributed by atoms with van der Waals surface area (Å²) in [7, 11) is -4.23. The molecule has 0 aromatic heterocycles. The van der Waals surface area contributed by atoms with Crippen molar-refractivity contribution in [3.8, 4) is 0 Å². The zero-order valence-electron chi connectivity index (χ0n) is 11.3. The molecular formula is C13H16F3NO3S. The maximum atomic E-state index is 13.0. The average molecular weight is 323 g/mol. The molecule has 2 atom stereocenters. The van der Waals surface area contributed by atoms with Gasteiger partial charge >= 0.3 is 6.18 Å². The minimum atomic E-state index is -4.73. The lowest BCUT2D eigenvalue weighted by molar-refractivity contribution is -0.139. The molecule has 1 aliphatic heterocycles. The summed E-state index contributed by atoms with van der Waals surface area (Å²) in [6.45, 7) is 1.73. The zero-order valence-corrected chi connectivity index (χ0v) is 12.2. The Morgan fingerprint density at radius 1 is 1.29 bits per heavy atom. The fourth-order valence-electron chi connectivity index (χ4n) is 2.49. The Morgan fingerprint density at radius 3 is 2.43 bits per heavy atom. The van der Waals surface area contributed by atoms with Crippen LogP contribution in [0, 0.1) is 11.8 Å². The molecule has 0 bridgehead atoms. The SMILES string of the molecule is C[C@@H]1CN(S(=O)(=O)c2ccccc2C(F)(F)F)C[C@H]1CO. The van der Waals surface area contributed by atoms with Gasteiger partial charge in [0.2, 0.25) is 10.0 Å². The number of rotatable bonds is 3. The predicted octanol–water partition coefficient (Wildman–Crippen LogP) is 1.95. The van der Waals surface area contributed by atoms with Gasteiger partial charge in [0, 0.05) is 19.7 Å². The fourth-order valence-corrected chi connectivity index (χ4v) is 4.29. The van der Waals surface area contributed by atoms with Crippen LogP contribution in [0.15, 0.2) is 29.2 Å². The molecule has 1 aliphatic rings. The maximum absolute atomic E-state index is 13.0. The quantitative estimate of drug-likeness (QED) is 0.925. The van der Waals surface area contributed by atoms with E-state index in [0.717, 1.165) is 22.5 Å². The molecule has 1 heterocycles. The van der Waals surface area contributed by atoms with E-state index in [2.05, 4.69) is 0 Å². The summed E-state index contributed by atoms with van der Waals surface area (Å²) in [5, 5.41) is 9.17. The first-order valence-corrected chi connectivity index (χ1v) is 7.89. The van der Waals surface area contributed by atoms with Gasteiger partial charge < -0.3 is 5.11 Å². The van der Waals surface area contributed by atoms with Crippen LogP contribution in [0.2, 0.25) is 0 Å². The molecule has 0 spiro atoms. The zero-order chi connectivity index (χ0) is 15.8. The topological polar surface area (TPSA) is 57.6 Å². The van der Waals surface area contributed by atoms with Crippen molar-refractivity contribution in [2.75, 3.05) is 19.7 Å². The first-order valence-electron chi connectivity index (χ1n) is 6.45. The summed E-state index contributed by atoms with van der Waals surface area (Å²) in [5.74, 6) is -0.347. The van der Waals surface area contributed by atoms with Crippen LogP contribution in [-0.4, -0.2) is 37.5 Å². The minimum absolute atomic E-state index is 0.0339. The summed E-state index contributed by atoms with van der Waals surface area (Å²) in [6, 6.07) is 4.15. The van der Waals surface area contributed by atoms with E-state index in [1.807, 2.05) is 0 Å². The van der Waals surface area contributed by atoms with E-state index in [4.69, 9.17) is 0 Å². The summed E-state index contributed by atoms with van der Waals surface area (Å²) in [6.07, 6.45) is -4.73. The molecule has 4 nitrogen and oxygen atoms in total. The van der Waals surface area contributed by atoms with Crippen molar-refractivity contribution in [1.29, 1.82) is 0 Å². The van der Waals surface area contributed by atoms with Crippen molar-refractivity contribution in [1.82, 2.24) is 4.31 Å². The Hall–Kier alpha value is -1.12. The minimum Gasteiger partial charge on any atom is -0.396 e. The monoisotopic (exact) mass is 323 g/mol. The number of halogens is 3. The van der Waals surface area contributed by atoms with E-state index in [1.165, 1.54) is 6.07 Å². The summed E-state index contributed by atoms with van der Waals surface area (Å²) in [4.78, 5) is -0.733. The normalized spacial score (nSPS) is 24.4. The maximum Gasteiger partial charge on any atom is 0.417 e. The van der Waals surface area contributed by atoms with Gasteiger partial charge in [-0.15, -0.1) is 0 Å². The van der Waals surface area contributed by atoms with Gasteiger partial charge in [0.25, 0.3) is 0 Å². The standard InChI is InChI=1S/C13H16F3NO3S/c1-9-6-17(7-10(9)8-18)21(19,20)12-5-3-2-4-11(12)13(14,15)16/h2-5,9-10,18H,6-8H2,1H3/t9-,10+/m1/s1. The van der Waals surface area contributed by atoms with Gasteiger partial charge in [-0.3, -0.25) is 0 Å². The second-order valence-electron chi connectivity index (χ2n) is 5.24. The molecule has 118 valence electrons. The highest BCUT2D eigenvalue weighted by molar-refractivity contribution is 7.89. The Kier molecular flexibility index (Phi) is 4.32. The molecule has 2 rings (SSSR count). The van der Waals surface area contributed by atoms with Crippen LogP contribution < -0.4 is 0 Å². The van der Waals surface area contributed by atoms with Crippen LogP contribution in [0.1, 0.15) is 12.5 Å². The van der Waals surface area contributed by atoms with Crippen LogP contribution in [0.25, 0.3) is 0 Å². The highest BCUT2D eigenvalue weighted by Gasteiger charge is 2.42. The molecule has 21 heavy (non-hydrogen) atoms. The Balaban J connectivity index is 2.43. The van der Waals surface area contributed by atoms with Crippen molar-refractivity contribution in [3.05, 3.63) is 29.8 Å². The highest BCUT2D eigenvalue weighted by Crippen LogP contribution is 2.36. The third kappa shape index (κ3) is 3.07. The molecule has 0 aliphatic carbocycles. The molecule has 1 N–H and O–H groups in total. The Labute approximate surface area is 121 Å². The summed E-state index contributed by atoms with van der Waals surface area (Å²) < 4.78 is 64.8. The van der Waals surface area contributed by atoms with Gasteiger partial charge in [0.1, 0.15) is 0 Å². The molecule has 0 amide bonds. The van der Waals surface area contributed by atoms with Gasteiger partial charge in [-0.1, -0.05) is 19.1 Å². The molecule has 0 unspecified atom stereocenters. The van der Waals surface area contributed by atoms with Crippen LogP contribution in [0.5, 0.6) is 0 Å². The Bertz CT molecular complexity index is 615. The first-order chi connectivity index (χ1) is 9.67. The third-order valence-corrected chi connectivity index (χ3v) is 5.67. The molecule has 1 fully saturated rings. The van der Waals surface area contributed by atoms with Gasteiger partial charge in [-0.2, -0.15) is 17.5 Å². The second-order valence-corrected chi connectivity index (χ2v) is 7.14. The number of aliphatic hydroxyl groups is 1. The largest absolute Gasteiger partial charge is 0.417 e. The predicted molar refractivity (Wildman–Crippen MR) is 69.9 cm³/mol. The van der Waals surface area contributed by atoms with Crippen molar-refractivity contribution in [2.24, 2.45) is 11.8 Å². The van der Waals surface area contributed by atoms with Crippen molar-refractivity contribution in [2.45, 2.75) is 18.0 Å². The van der Waals surface area contributed by atoms with E-state index in [0.29, 0.717) is 0 Å². The lowest BCUT2D eigenvalue weighted by Crippen LogP contribution is -2.31. The van der Waals surface area contributed by atoms with E-state index < -0.39 is 26.7 Å². The molecular weight excluding hydrogens is 307 g/mol. The van der Waals surface area contributed by atoms with Gasteiger partial charge in [0.05, 0.1) is 10.5 Å². The number of aliphatic hydroxyl groups excluding tert-OH is 1. The molecule has 1 saturated heterocycles. The van der Waals surface area contributed by atoms with Gasteiger partial charge in [-0.25, -0.2) is 8.42 Å². The Morgan fingerprint density at radius 2 is 1.90 bits per heavy atom. The lowest BCUT2D eigenvalue weighted by atomic mass is 10.00. The van der Waals surface area contributed by atoms with Crippen molar-refractivity contribution >= 4 is 10.0 Å². The molecule has 1 aromatic rings. The number of hydrogen-bond donors (Lipinski definition) is 1. The summed E-state index contributed by atoms with van der Waals surface area (Å²) >= 11 is 0. The van der Waals surface area contributed by atoms with Crippen LogP contribution >= 0.6 is 0 Å². The molecule has 0 saturated carbocycles. The highest BCUT2D eigenvalue weighted by atomic mass is 32.2. The van der Waals surface area contributed by atoms with Crippen LogP contribution in [-0.2, 0) is 16.2 Å². The molecule has 8 heteroatoms. The smallest absolute Gasteiger partial charge is 0.396 e. The number of nitrogens with zero attached hydrogens (tertiary/aromatic N) is 1. The van der Waals surface area contributed by atoms with Gasteiger partial charge in [-0.05, 0) is 24.0 Å². The number of benzene rings is 1. The van der Waals surface area contributed by atoms with Crippen molar-refractivity contribution in [3.63, 3.8) is 0 Å². The van der Waals surface area contributed by atoms with E-state index >= 15 is 0 Å². The number of sulfonamides is 1. The van der Waals surface area contributed by atoms with E-state index in [9.17, 15) is 26.7 Å².